The third-order valence-corrected chi connectivity index (χ3v) is 4.94. The summed E-state index contributed by atoms with van der Waals surface area (Å²) in [6, 6.07) is 4.73. The van der Waals surface area contributed by atoms with Crippen LogP contribution in [0.5, 0.6) is 5.88 Å². The second kappa shape index (κ2) is 8.29. The monoisotopic (exact) mass is 418 g/mol. The number of nitrogens with zero attached hydrogens (tertiary/aromatic N) is 6. The Balaban J connectivity index is 1.45. The van der Waals surface area contributed by atoms with E-state index in [0.29, 0.717) is 30.0 Å². The molecule has 1 amide bonds. The molecule has 0 aliphatic carbocycles. The van der Waals surface area contributed by atoms with Crippen LogP contribution in [-0.2, 0) is 4.74 Å². The van der Waals surface area contributed by atoms with E-state index in [4.69, 9.17) is 9.47 Å². The largest absolute Gasteiger partial charge is 0.475 e. The Morgan fingerprint density at radius 3 is 3.10 bits per heavy atom. The third-order valence-electron chi connectivity index (χ3n) is 4.40. The number of carbonyl (C=O) groups is 1. The number of morpholine rings is 1. The molecule has 4 rings (SSSR count). The molecule has 9 nitrogen and oxygen atoms in total. The summed E-state index contributed by atoms with van der Waals surface area (Å²) in [6.07, 6.45) is 2.83. The van der Waals surface area contributed by atoms with Gasteiger partial charge in [-0.3, -0.25) is 4.79 Å². The van der Waals surface area contributed by atoms with E-state index >= 15 is 0 Å². The topological polar surface area (TPSA) is 94.7 Å². The van der Waals surface area contributed by atoms with Crippen molar-refractivity contribution < 1.29 is 18.7 Å². The van der Waals surface area contributed by atoms with Gasteiger partial charge in [-0.2, -0.15) is 13.9 Å². The maximum Gasteiger partial charge on any atom is 0.258 e. The van der Waals surface area contributed by atoms with Crippen molar-refractivity contribution in [3.8, 4) is 5.88 Å². The van der Waals surface area contributed by atoms with Gasteiger partial charge < -0.3 is 14.4 Å². The summed E-state index contributed by atoms with van der Waals surface area (Å²) >= 11 is 1.41. The molecule has 1 unspecified atom stereocenters. The zero-order valence-electron chi connectivity index (χ0n) is 15.9. The van der Waals surface area contributed by atoms with Gasteiger partial charge in [-0.05, 0) is 25.3 Å². The highest BCUT2D eigenvalue weighted by Crippen LogP contribution is 2.19. The number of aromatic nitrogens is 5. The van der Waals surface area contributed by atoms with Crippen molar-refractivity contribution in [2.24, 2.45) is 0 Å². The molecule has 11 heteroatoms. The van der Waals surface area contributed by atoms with Gasteiger partial charge in [0.2, 0.25) is 17.0 Å². The number of fused-ring (bicyclic) bond motifs is 1. The highest BCUT2D eigenvalue weighted by Gasteiger charge is 2.27. The van der Waals surface area contributed by atoms with Gasteiger partial charge >= 0.3 is 0 Å². The first-order chi connectivity index (χ1) is 14.0. The lowest BCUT2D eigenvalue weighted by atomic mass is 10.2. The van der Waals surface area contributed by atoms with Crippen LogP contribution in [0.15, 0.2) is 29.6 Å². The van der Waals surface area contributed by atoms with Gasteiger partial charge in [0.25, 0.3) is 11.7 Å². The summed E-state index contributed by atoms with van der Waals surface area (Å²) in [5.41, 5.74) is 0.703. The molecule has 0 spiro atoms. The number of ether oxygens (including phenoxy) is 2. The fourth-order valence-electron chi connectivity index (χ4n) is 3.02. The molecule has 1 aliphatic heterocycles. The van der Waals surface area contributed by atoms with Crippen LogP contribution in [-0.4, -0.2) is 74.0 Å². The Kier molecular flexibility index (Phi) is 5.58. The molecule has 1 fully saturated rings. The zero-order valence-corrected chi connectivity index (χ0v) is 16.7. The standard InChI is InChI=1S/C18H19FN6O3S/c1-11-8-14(25-17(21-11)22-18(23-25)29-2)28-10-12-9-24(6-7-27-12)16(26)13-4-3-5-20-15(13)19/h3-5,8,12H,6-7,9-10H2,1-2H3. The normalized spacial score (nSPS) is 16.9. The SMILES string of the molecule is CSc1nc2nc(C)cc(OCC3CN(C(=O)c4cccnc4F)CCO3)n2n1. The van der Waals surface area contributed by atoms with Gasteiger partial charge in [-0.1, -0.05) is 11.8 Å². The Morgan fingerprint density at radius 2 is 2.31 bits per heavy atom. The number of rotatable bonds is 5. The summed E-state index contributed by atoms with van der Waals surface area (Å²) in [4.78, 5) is 26.4. The summed E-state index contributed by atoms with van der Waals surface area (Å²) in [5, 5.41) is 4.95. The summed E-state index contributed by atoms with van der Waals surface area (Å²) in [7, 11) is 0. The number of hydrogen-bond acceptors (Lipinski definition) is 8. The molecule has 0 N–H and O–H groups in total. The predicted octanol–water partition coefficient (Wildman–Crippen LogP) is 1.61. The molecule has 29 heavy (non-hydrogen) atoms. The molecule has 3 aromatic rings. The lowest BCUT2D eigenvalue weighted by Gasteiger charge is -2.32. The van der Waals surface area contributed by atoms with Crippen LogP contribution >= 0.6 is 11.8 Å². The summed E-state index contributed by atoms with van der Waals surface area (Å²) < 4.78 is 27.0. The second-order valence-corrected chi connectivity index (χ2v) is 7.22. The number of hydrogen-bond donors (Lipinski definition) is 0. The highest BCUT2D eigenvalue weighted by atomic mass is 32.2. The first-order valence-corrected chi connectivity index (χ1v) is 10.2. The summed E-state index contributed by atoms with van der Waals surface area (Å²) in [5.74, 6) is -0.238. The minimum Gasteiger partial charge on any atom is -0.475 e. The molecule has 1 aliphatic rings. The maximum absolute atomic E-state index is 13.8. The van der Waals surface area contributed by atoms with E-state index in [0.717, 1.165) is 5.69 Å². The van der Waals surface area contributed by atoms with Gasteiger partial charge in [0.05, 0.1) is 18.7 Å². The van der Waals surface area contributed by atoms with Gasteiger partial charge in [0.1, 0.15) is 12.7 Å². The van der Waals surface area contributed by atoms with Crippen LogP contribution in [0.2, 0.25) is 0 Å². The van der Waals surface area contributed by atoms with E-state index in [1.54, 1.807) is 11.0 Å². The van der Waals surface area contributed by atoms with Gasteiger partial charge in [0, 0.05) is 24.5 Å². The number of pyridine rings is 1. The molecule has 0 bridgehead atoms. The predicted molar refractivity (Wildman–Crippen MR) is 103 cm³/mol. The highest BCUT2D eigenvalue weighted by molar-refractivity contribution is 7.98. The van der Waals surface area contributed by atoms with Crippen LogP contribution in [0, 0.1) is 12.9 Å². The van der Waals surface area contributed by atoms with Crippen molar-refractivity contribution in [3.05, 3.63) is 41.6 Å². The van der Waals surface area contributed by atoms with Crippen LogP contribution < -0.4 is 4.74 Å². The van der Waals surface area contributed by atoms with Crippen LogP contribution in [0.4, 0.5) is 4.39 Å². The van der Waals surface area contributed by atoms with Gasteiger partial charge in [-0.15, -0.1) is 5.10 Å². The molecule has 0 radical (unpaired) electrons. The number of thioether (sulfide) groups is 1. The van der Waals surface area contributed by atoms with Crippen molar-refractivity contribution in [1.29, 1.82) is 0 Å². The minimum atomic E-state index is -0.776. The van der Waals surface area contributed by atoms with E-state index in [1.807, 2.05) is 13.2 Å². The number of halogens is 1. The third kappa shape index (κ3) is 4.15. The van der Waals surface area contributed by atoms with Crippen molar-refractivity contribution in [2.45, 2.75) is 18.2 Å². The van der Waals surface area contributed by atoms with E-state index in [-0.39, 0.29) is 24.8 Å². The first-order valence-electron chi connectivity index (χ1n) is 8.97. The molecule has 152 valence electrons. The van der Waals surface area contributed by atoms with Crippen molar-refractivity contribution in [1.82, 2.24) is 29.5 Å². The van der Waals surface area contributed by atoms with Crippen molar-refractivity contribution >= 4 is 23.4 Å². The molecule has 1 atom stereocenters. The minimum absolute atomic E-state index is 0.0484. The quantitative estimate of drug-likeness (QED) is 0.456. The van der Waals surface area contributed by atoms with Crippen molar-refractivity contribution in [3.63, 3.8) is 0 Å². The second-order valence-electron chi connectivity index (χ2n) is 6.44. The molecule has 0 aromatic carbocycles. The lowest BCUT2D eigenvalue weighted by molar-refractivity contribution is -0.0411. The van der Waals surface area contributed by atoms with E-state index < -0.39 is 11.9 Å². The van der Waals surface area contributed by atoms with Crippen LogP contribution in [0.3, 0.4) is 0 Å². The maximum atomic E-state index is 13.8. The van der Waals surface area contributed by atoms with Crippen LogP contribution in [0.1, 0.15) is 16.1 Å². The van der Waals surface area contributed by atoms with Crippen LogP contribution in [0.25, 0.3) is 5.78 Å². The fourth-order valence-corrected chi connectivity index (χ4v) is 3.36. The fraction of sp³-hybridized carbons (Fsp3) is 0.389. The Hall–Kier alpha value is -2.79. The molecule has 1 saturated heterocycles. The average molecular weight is 418 g/mol. The molecular weight excluding hydrogens is 399 g/mol. The number of amides is 1. The Labute approximate surface area is 170 Å². The molecule has 4 heterocycles. The lowest BCUT2D eigenvalue weighted by Crippen LogP contribution is -2.47. The number of aryl methyl sites for hydroxylation is 1. The Morgan fingerprint density at radius 1 is 1.45 bits per heavy atom. The van der Waals surface area contributed by atoms with Crippen molar-refractivity contribution in [2.75, 3.05) is 32.6 Å². The molecular formula is C18H19FN6O3S. The van der Waals surface area contributed by atoms with E-state index in [9.17, 15) is 9.18 Å². The van der Waals surface area contributed by atoms with E-state index in [1.165, 1.54) is 34.6 Å². The zero-order chi connectivity index (χ0) is 20.4. The molecule has 0 saturated carbocycles. The van der Waals surface area contributed by atoms with E-state index in [2.05, 4.69) is 20.1 Å². The first kappa shape index (κ1) is 19.5. The summed E-state index contributed by atoms with van der Waals surface area (Å²) in [6.45, 7) is 3.05. The number of carbonyl (C=O) groups excluding carboxylic acids is 1. The average Bonchev–Trinajstić information content (AvgIpc) is 3.15. The Bertz CT molecular complexity index is 1050. The smallest absolute Gasteiger partial charge is 0.258 e. The van der Waals surface area contributed by atoms with Gasteiger partial charge in [-0.25, -0.2) is 9.97 Å². The molecule has 3 aromatic heterocycles. The van der Waals surface area contributed by atoms with Gasteiger partial charge in [0.15, 0.2) is 0 Å².